The minimum Gasteiger partial charge on any atom is -0.396 e. The van der Waals surface area contributed by atoms with Crippen LogP contribution in [-0.2, 0) is 7.05 Å². The SMILES string of the molecule is C#Cc1cc(F)c(N)cc1-c1cc2cnc(NC)nc2n(C)c1=O. The van der Waals surface area contributed by atoms with Gasteiger partial charge in [-0.1, -0.05) is 5.92 Å². The van der Waals surface area contributed by atoms with Gasteiger partial charge in [-0.3, -0.25) is 9.36 Å². The van der Waals surface area contributed by atoms with E-state index in [-0.39, 0.29) is 16.8 Å². The van der Waals surface area contributed by atoms with Crippen molar-refractivity contribution in [2.75, 3.05) is 18.1 Å². The highest BCUT2D eigenvalue weighted by Gasteiger charge is 2.15. The Bertz CT molecular complexity index is 1070. The van der Waals surface area contributed by atoms with E-state index in [4.69, 9.17) is 12.2 Å². The molecule has 0 aliphatic rings. The van der Waals surface area contributed by atoms with Gasteiger partial charge in [0.25, 0.3) is 5.56 Å². The van der Waals surface area contributed by atoms with Gasteiger partial charge in [0.15, 0.2) is 0 Å². The van der Waals surface area contributed by atoms with Crippen LogP contribution in [0.25, 0.3) is 22.2 Å². The Morgan fingerprint density at radius 3 is 2.75 bits per heavy atom. The van der Waals surface area contributed by atoms with Crippen LogP contribution in [0.2, 0.25) is 0 Å². The van der Waals surface area contributed by atoms with Gasteiger partial charge in [-0.25, -0.2) is 9.37 Å². The summed E-state index contributed by atoms with van der Waals surface area (Å²) in [7, 11) is 3.29. The maximum atomic E-state index is 13.6. The molecule has 3 N–H and O–H groups in total. The van der Waals surface area contributed by atoms with E-state index in [1.807, 2.05) is 0 Å². The van der Waals surface area contributed by atoms with Crippen LogP contribution in [0.4, 0.5) is 16.0 Å². The first-order valence-corrected chi connectivity index (χ1v) is 7.06. The molecule has 6 nitrogen and oxygen atoms in total. The maximum absolute atomic E-state index is 13.6. The van der Waals surface area contributed by atoms with Gasteiger partial charge in [0.05, 0.1) is 5.69 Å². The van der Waals surface area contributed by atoms with E-state index >= 15 is 0 Å². The third kappa shape index (κ3) is 2.34. The van der Waals surface area contributed by atoms with Crippen molar-refractivity contribution in [1.82, 2.24) is 14.5 Å². The number of terminal acetylenes is 1. The molecule has 2 heterocycles. The number of halogens is 1. The Hall–Kier alpha value is -3.40. The van der Waals surface area contributed by atoms with E-state index in [0.717, 1.165) is 6.07 Å². The Morgan fingerprint density at radius 2 is 2.08 bits per heavy atom. The number of nitrogens with zero attached hydrogens (tertiary/aromatic N) is 3. The Morgan fingerprint density at radius 1 is 1.33 bits per heavy atom. The zero-order chi connectivity index (χ0) is 17.4. The summed E-state index contributed by atoms with van der Waals surface area (Å²) in [6.07, 6.45) is 7.04. The Labute approximate surface area is 137 Å². The molecule has 3 aromatic rings. The molecule has 0 aliphatic heterocycles. The van der Waals surface area contributed by atoms with Crippen LogP contribution in [0.5, 0.6) is 0 Å². The summed E-state index contributed by atoms with van der Waals surface area (Å²) >= 11 is 0. The van der Waals surface area contributed by atoms with E-state index in [1.165, 1.54) is 10.6 Å². The number of anilines is 2. The van der Waals surface area contributed by atoms with Crippen molar-refractivity contribution in [2.24, 2.45) is 7.05 Å². The van der Waals surface area contributed by atoms with E-state index < -0.39 is 5.82 Å². The average Bonchev–Trinajstić information content (AvgIpc) is 2.59. The number of hydrogen-bond donors (Lipinski definition) is 2. The Kier molecular flexibility index (Phi) is 3.66. The molecule has 0 bridgehead atoms. The fourth-order valence-corrected chi connectivity index (χ4v) is 2.49. The van der Waals surface area contributed by atoms with Crippen molar-refractivity contribution in [2.45, 2.75) is 0 Å². The second-order valence-corrected chi connectivity index (χ2v) is 5.21. The van der Waals surface area contributed by atoms with E-state index in [2.05, 4.69) is 21.2 Å². The molecular formula is C17H14FN5O. The van der Waals surface area contributed by atoms with Crippen LogP contribution in [0.3, 0.4) is 0 Å². The van der Waals surface area contributed by atoms with Crippen molar-refractivity contribution in [1.29, 1.82) is 0 Å². The van der Waals surface area contributed by atoms with Crippen molar-refractivity contribution in [3.63, 3.8) is 0 Å². The smallest absolute Gasteiger partial charge is 0.259 e. The predicted molar refractivity (Wildman–Crippen MR) is 92.1 cm³/mol. The molecule has 3 rings (SSSR count). The van der Waals surface area contributed by atoms with Crippen LogP contribution in [0.1, 0.15) is 5.56 Å². The lowest BCUT2D eigenvalue weighted by Gasteiger charge is -2.11. The van der Waals surface area contributed by atoms with Gasteiger partial charge < -0.3 is 11.1 Å². The van der Waals surface area contributed by atoms with Crippen molar-refractivity contribution >= 4 is 22.7 Å². The molecule has 0 radical (unpaired) electrons. The van der Waals surface area contributed by atoms with Crippen LogP contribution in [0, 0.1) is 18.2 Å². The molecule has 0 atom stereocenters. The number of nitrogens with one attached hydrogen (secondary N) is 1. The van der Waals surface area contributed by atoms with E-state index in [9.17, 15) is 9.18 Å². The number of aromatic nitrogens is 3. The monoisotopic (exact) mass is 323 g/mol. The fourth-order valence-electron chi connectivity index (χ4n) is 2.49. The van der Waals surface area contributed by atoms with Gasteiger partial charge in [-0.2, -0.15) is 4.98 Å². The maximum Gasteiger partial charge on any atom is 0.259 e. The summed E-state index contributed by atoms with van der Waals surface area (Å²) in [4.78, 5) is 21.1. The average molecular weight is 323 g/mol. The number of pyridine rings is 1. The molecule has 0 saturated carbocycles. The summed E-state index contributed by atoms with van der Waals surface area (Å²) in [5.41, 5.74) is 6.68. The first-order valence-electron chi connectivity index (χ1n) is 7.06. The molecule has 0 amide bonds. The minimum atomic E-state index is -0.619. The molecule has 0 unspecified atom stereocenters. The standard InChI is InChI=1S/C17H14FN5O/c1-4-9-6-13(18)14(19)7-11(9)12-5-10-8-21-17(20-2)22-15(10)23(3)16(12)24/h1,5-8H,19H2,2-3H3,(H,20,21,22). The lowest BCUT2D eigenvalue weighted by molar-refractivity contribution is 0.632. The zero-order valence-corrected chi connectivity index (χ0v) is 13.1. The Balaban J connectivity index is 2.37. The van der Waals surface area contributed by atoms with Gasteiger partial charge in [0, 0.05) is 42.4 Å². The van der Waals surface area contributed by atoms with Gasteiger partial charge in [-0.15, -0.1) is 6.42 Å². The molecule has 0 spiro atoms. The zero-order valence-electron chi connectivity index (χ0n) is 13.1. The summed E-state index contributed by atoms with van der Waals surface area (Å²) in [6.45, 7) is 0. The first-order chi connectivity index (χ1) is 11.5. The molecule has 0 fully saturated rings. The quantitative estimate of drug-likeness (QED) is 0.554. The number of fused-ring (bicyclic) bond motifs is 1. The summed E-state index contributed by atoms with van der Waals surface area (Å²) < 4.78 is 15.0. The number of hydrogen-bond acceptors (Lipinski definition) is 5. The van der Waals surface area contributed by atoms with E-state index in [0.29, 0.717) is 28.1 Å². The molecule has 0 saturated heterocycles. The molecule has 24 heavy (non-hydrogen) atoms. The summed E-state index contributed by atoms with van der Waals surface area (Å²) in [5, 5.41) is 3.47. The summed E-state index contributed by atoms with van der Waals surface area (Å²) in [5.74, 6) is 2.17. The highest BCUT2D eigenvalue weighted by molar-refractivity contribution is 5.84. The largest absolute Gasteiger partial charge is 0.396 e. The van der Waals surface area contributed by atoms with Crippen LogP contribution in [-0.4, -0.2) is 21.6 Å². The molecule has 2 aromatic heterocycles. The van der Waals surface area contributed by atoms with Gasteiger partial charge >= 0.3 is 0 Å². The molecule has 0 aliphatic carbocycles. The van der Waals surface area contributed by atoms with Crippen molar-refractivity contribution in [3.05, 3.63) is 46.1 Å². The highest BCUT2D eigenvalue weighted by atomic mass is 19.1. The number of benzene rings is 1. The van der Waals surface area contributed by atoms with E-state index in [1.54, 1.807) is 26.4 Å². The second-order valence-electron chi connectivity index (χ2n) is 5.21. The number of nitrogen functional groups attached to an aromatic ring is 1. The normalized spacial score (nSPS) is 10.6. The van der Waals surface area contributed by atoms with Crippen LogP contribution in [0.15, 0.2) is 29.2 Å². The third-order valence-electron chi connectivity index (χ3n) is 3.75. The van der Waals surface area contributed by atoms with Gasteiger partial charge in [0.2, 0.25) is 5.95 Å². The fraction of sp³-hybridized carbons (Fsp3) is 0.118. The van der Waals surface area contributed by atoms with Crippen LogP contribution < -0.4 is 16.6 Å². The topological polar surface area (TPSA) is 85.8 Å². The molecular weight excluding hydrogens is 309 g/mol. The minimum absolute atomic E-state index is 0.0760. The highest BCUT2D eigenvalue weighted by Crippen LogP contribution is 2.27. The van der Waals surface area contributed by atoms with Crippen molar-refractivity contribution < 1.29 is 4.39 Å². The lowest BCUT2D eigenvalue weighted by atomic mass is 9.99. The number of nitrogens with two attached hydrogens (primary N) is 1. The summed E-state index contributed by atoms with van der Waals surface area (Å²) in [6, 6.07) is 4.15. The first kappa shape index (κ1) is 15.5. The third-order valence-corrected chi connectivity index (χ3v) is 3.75. The van der Waals surface area contributed by atoms with Gasteiger partial charge in [-0.05, 0) is 18.2 Å². The molecule has 1 aromatic carbocycles. The van der Waals surface area contributed by atoms with Gasteiger partial charge in [0.1, 0.15) is 11.5 Å². The number of rotatable bonds is 2. The molecule has 7 heteroatoms. The van der Waals surface area contributed by atoms with Crippen LogP contribution >= 0.6 is 0 Å². The number of aryl methyl sites for hydroxylation is 1. The lowest BCUT2D eigenvalue weighted by Crippen LogP contribution is -2.20. The predicted octanol–water partition coefficient (Wildman–Crippen LogP) is 1.74. The second kappa shape index (κ2) is 5.66. The molecule has 120 valence electrons. The van der Waals surface area contributed by atoms with Crippen molar-refractivity contribution in [3.8, 4) is 23.5 Å².